The van der Waals surface area contributed by atoms with Gasteiger partial charge in [0, 0.05) is 65.7 Å². The Morgan fingerprint density at radius 1 is 1.22 bits per heavy atom. The second kappa shape index (κ2) is 13.8. The van der Waals surface area contributed by atoms with Crippen molar-refractivity contribution in [2.24, 2.45) is 0 Å². The van der Waals surface area contributed by atoms with E-state index in [0.29, 0.717) is 53.2 Å². The number of carbonyl (C=O) groups excluding carboxylic acids is 1. The number of aromatic nitrogens is 3. The Morgan fingerprint density at radius 3 is 2.84 bits per heavy atom. The number of allylic oxidation sites excluding steroid dienone is 1. The van der Waals surface area contributed by atoms with Gasteiger partial charge in [0.15, 0.2) is 5.82 Å². The molecule has 1 amide bonds. The normalized spacial score (nSPS) is 23.3. The monoisotopic (exact) mass is 749 g/mol. The van der Waals surface area contributed by atoms with Gasteiger partial charge >= 0.3 is 6.01 Å². The molecule has 3 aliphatic rings. The van der Waals surface area contributed by atoms with Gasteiger partial charge in [-0.1, -0.05) is 63.9 Å². The van der Waals surface area contributed by atoms with E-state index >= 15 is 4.39 Å². The number of ether oxygens (including phenoxy) is 1. The first-order valence-electron chi connectivity index (χ1n) is 16.5. The molecule has 3 saturated heterocycles. The van der Waals surface area contributed by atoms with Crippen molar-refractivity contribution in [1.82, 2.24) is 24.8 Å². The maximum atomic E-state index is 16.8. The molecule has 0 bridgehead atoms. The van der Waals surface area contributed by atoms with Crippen LogP contribution < -0.4 is 9.64 Å². The summed E-state index contributed by atoms with van der Waals surface area (Å²) in [7, 11) is 0. The summed E-state index contributed by atoms with van der Waals surface area (Å²) in [5, 5.41) is 12.0. The van der Waals surface area contributed by atoms with Crippen LogP contribution in [-0.4, -0.2) is 92.6 Å². The van der Waals surface area contributed by atoms with Crippen LogP contribution in [0.2, 0.25) is 5.02 Å². The summed E-state index contributed by atoms with van der Waals surface area (Å²) in [5.74, 6) is -0.443. The molecule has 2 aromatic heterocycles. The van der Waals surface area contributed by atoms with Gasteiger partial charge in [-0.05, 0) is 37.8 Å². The Kier molecular flexibility index (Phi) is 9.43. The van der Waals surface area contributed by atoms with Gasteiger partial charge in [0.2, 0.25) is 5.91 Å². The van der Waals surface area contributed by atoms with Crippen molar-refractivity contribution in [1.29, 1.82) is 5.26 Å². The van der Waals surface area contributed by atoms with Gasteiger partial charge in [0.25, 0.3) is 0 Å². The predicted molar refractivity (Wildman–Crippen MR) is 189 cm³/mol. The summed E-state index contributed by atoms with van der Waals surface area (Å²) in [6.45, 7) is 4.25. The third-order valence-electron chi connectivity index (χ3n) is 9.88. The Morgan fingerprint density at radius 2 is 2.04 bits per heavy atom. The SMILES string of the molecule is C[C@H](Br)/C=C/C(=O)N1CCN(c2nc(OC[C@@]34CCCN3C[C@H](F)C4)nc3c(F)c(-c4cccc5cccc(Cl)c45)ncc23)C[C@@H]1CC#N. The fraction of sp³-hybridized carbons (Fsp3) is 0.417. The number of benzene rings is 2. The number of anilines is 1. The molecule has 4 aromatic rings. The van der Waals surface area contributed by atoms with Crippen molar-refractivity contribution < 1.29 is 18.3 Å². The molecular weight excluding hydrogens is 716 g/mol. The molecule has 7 rings (SSSR count). The van der Waals surface area contributed by atoms with Crippen LogP contribution in [0, 0.1) is 17.1 Å². The number of nitriles is 1. The molecule has 0 radical (unpaired) electrons. The Hall–Kier alpha value is -3.92. The molecule has 5 heterocycles. The van der Waals surface area contributed by atoms with E-state index in [1.54, 1.807) is 29.3 Å². The molecule has 254 valence electrons. The fourth-order valence-electron chi connectivity index (χ4n) is 7.58. The lowest BCUT2D eigenvalue weighted by atomic mass is 9.95. The number of carbonyl (C=O) groups is 1. The quantitative estimate of drug-likeness (QED) is 0.142. The fourth-order valence-corrected chi connectivity index (χ4v) is 8.02. The predicted octanol–water partition coefficient (Wildman–Crippen LogP) is 6.86. The lowest BCUT2D eigenvalue weighted by Gasteiger charge is -2.41. The molecule has 0 saturated carbocycles. The number of rotatable bonds is 8. The van der Waals surface area contributed by atoms with Crippen LogP contribution in [0.1, 0.15) is 32.6 Å². The summed E-state index contributed by atoms with van der Waals surface area (Å²) < 4.78 is 37.6. The lowest BCUT2D eigenvalue weighted by molar-refractivity contribution is -0.128. The first-order valence-corrected chi connectivity index (χ1v) is 17.8. The molecule has 0 spiro atoms. The van der Waals surface area contributed by atoms with Gasteiger partial charge in [-0.2, -0.15) is 15.2 Å². The number of alkyl halides is 2. The summed E-state index contributed by atoms with van der Waals surface area (Å²) in [6.07, 6.45) is 6.12. The third-order valence-corrected chi connectivity index (χ3v) is 10.5. The van der Waals surface area contributed by atoms with E-state index in [4.69, 9.17) is 21.3 Å². The van der Waals surface area contributed by atoms with Crippen molar-refractivity contribution in [2.45, 2.75) is 55.2 Å². The van der Waals surface area contributed by atoms with Gasteiger partial charge in [-0.25, -0.2) is 8.78 Å². The number of nitrogens with zero attached hydrogens (tertiary/aromatic N) is 7. The largest absolute Gasteiger partial charge is 0.461 e. The number of halogens is 4. The van der Waals surface area contributed by atoms with Gasteiger partial charge in [0.1, 0.15) is 29.8 Å². The molecule has 49 heavy (non-hydrogen) atoms. The van der Waals surface area contributed by atoms with E-state index in [2.05, 4.69) is 36.9 Å². The summed E-state index contributed by atoms with van der Waals surface area (Å²) in [4.78, 5) is 32.9. The van der Waals surface area contributed by atoms with Crippen LogP contribution in [0.25, 0.3) is 32.9 Å². The summed E-state index contributed by atoms with van der Waals surface area (Å²) in [6, 6.07) is 12.8. The Balaban J connectivity index is 1.30. The van der Waals surface area contributed by atoms with Crippen LogP contribution in [-0.2, 0) is 4.79 Å². The van der Waals surface area contributed by atoms with Crippen LogP contribution >= 0.6 is 27.5 Å². The van der Waals surface area contributed by atoms with Gasteiger partial charge in [-0.3, -0.25) is 14.7 Å². The minimum absolute atomic E-state index is 0.0195. The molecule has 3 fully saturated rings. The Bertz CT molecular complexity index is 1990. The van der Waals surface area contributed by atoms with Crippen LogP contribution in [0.5, 0.6) is 6.01 Å². The molecule has 13 heteroatoms. The molecule has 9 nitrogen and oxygen atoms in total. The van der Waals surface area contributed by atoms with E-state index < -0.39 is 23.6 Å². The number of fused-ring (bicyclic) bond motifs is 3. The number of piperazine rings is 1. The second-order valence-corrected chi connectivity index (χ2v) is 14.9. The zero-order valence-corrected chi connectivity index (χ0v) is 29.3. The minimum atomic E-state index is -0.931. The number of amides is 1. The topological polar surface area (TPSA) is 98.5 Å². The van der Waals surface area contributed by atoms with Gasteiger partial charge in [-0.15, -0.1) is 0 Å². The van der Waals surface area contributed by atoms with Crippen LogP contribution in [0.4, 0.5) is 14.6 Å². The minimum Gasteiger partial charge on any atom is -0.461 e. The highest BCUT2D eigenvalue weighted by atomic mass is 79.9. The molecule has 2 aromatic carbocycles. The Labute approximate surface area is 296 Å². The average Bonchev–Trinajstić information content (AvgIpc) is 3.62. The number of hydrogen-bond donors (Lipinski definition) is 0. The van der Waals surface area contributed by atoms with Crippen LogP contribution in [0.15, 0.2) is 54.7 Å². The zero-order chi connectivity index (χ0) is 34.3. The van der Waals surface area contributed by atoms with E-state index in [9.17, 15) is 14.4 Å². The van der Waals surface area contributed by atoms with Gasteiger partial charge in [0.05, 0.1) is 29.5 Å². The van der Waals surface area contributed by atoms with E-state index in [1.807, 2.05) is 36.1 Å². The molecule has 0 N–H and O–H groups in total. The maximum Gasteiger partial charge on any atom is 0.319 e. The second-order valence-electron chi connectivity index (χ2n) is 13.1. The molecule has 4 atom stereocenters. The van der Waals surface area contributed by atoms with E-state index in [1.165, 1.54) is 6.08 Å². The molecule has 0 aliphatic carbocycles. The smallest absolute Gasteiger partial charge is 0.319 e. The standard InChI is InChI=1S/C36H35BrClF2N7O2/c1-22(37)9-10-29(48)47-16-15-45(20-25(47)11-13-41)34-27-18-42-32(26-7-2-5-23-6-3-8-28(38)30(23)26)31(40)33(27)43-35(44-34)49-21-36-12-4-14-46(36)19-24(39)17-36/h2-3,5-10,18,22,24-25H,4,11-12,14-17,19-21H2,1H3/b10-9+/t22-,24+,25-,36-/m0/s1. The first kappa shape index (κ1) is 33.6. The third kappa shape index (κ3) is 6.44. The highest BCUT2D eigenvalue weighted by molar-refractivity contribution is 9.09. The molecule has 0 unspecified atom stereocenters. The molecular formula is C36H35BrClF2N7O2. The summed E-state index contributed by atoms with van der Waals surface area (Å²) in [5.41, 5.74) is 0.180. The highest BCUT2D eigenvalue weighted by Crippen LogP contribution is 2.41. The zero-order valence-electron chi connectivity index (χ0n) is 27.0. The number of hydrogen-bond acceptors (Lipinski definition) is 8. The van der Waals surface area contributed by atoms with E-state index in [0.717, 1.165) is 24.8 Å². The van der Waals surface area contributed by atoms with Crippen molar-refractivity contribution >= 4 is 60.9 Å². The van der Waals surface area contributed by atoms with Crippen molar-refractivity contribution in [3.8, 4) is 23.3 Å². The van der Waals surface area contributed by atoms with Crippen LogP contribution in [0.3, 0.4) is 0 Å². The first-order chi connectivity index (χ1) is 23.7. The highest BCUT2D eigenvalue weighted by Gasteiger charge is 2.49. The summed E-state index contributed by atoms with van der Waals surface area (Å²) >= 11 is 10.0. The van der Waals surface area contributed by atoms with Gasteiger partial charge < -0.3 is 14.5 Å². The average molecular weight is 751 g/mol. The maximum absolute atomic E-state index is 16.8. The van der Waals surface area contributed by atoms with Crippen molar-refractivity contribution in [2.75, 3.05) is 44.2 Å². The van der Waals surface area contributed by atoms with Crippen molar-refractivity contribution in [3.63, 3.8) is 0 Å². The number of pyridine rings is 1. The van der Waals surface area contributed by atoms with Crippen molar-refractivity contribution in [3.05, 3.63) is 65.6 Å². The van der Waals surface area contributed by atoms with E-state index in [-0.39, 0.29) is 47.5 Å². The lowest BCUT2D eigenvalue weighted by Crippen LogP contribution is -2.55. The molecule has 3 aliphatic heterocycles.